The molecule has 1 nitrogen and oxygen atoms in total. The van der Waals surface area contributed by atoms with E-state index in [0.29, 0.717) is 0 Å². The molecular weight excluding hydrogens is 356 g/mol. The van der Waals surface area contributed by atoms with Crippen molar-refractivity contribution in [3.63, 3.8) is 0 Å². The van der Waals surface area contributed by atoms with Crippen molar-refractivity contribution >= 4 is 49.0 Å². The minimum absolute atomic E-state index is 0.171. The van der Waals surface area contributed by atoms with Crippen LogP contribution in [0.15, 0.2) is 32.5 Å². The van der Waals surface area contributed by atoms with Crippen LogP contribution in [0.1, 0.15) is 33.6 Å². The van der Waals surface area contributed by atoms with Crippen molar-refractivity contribution in [1.29, 1.82) is 0 Å². The molecule has 3 rings (SSSR count). The maximum absolute atomic E-state index is 6.76. The fourth-order valence-corrected chi connectivity index (χ4v) is 4.80. The number of aryl methyl sites for hydroxylation is 2. The molecule has 2 heterocycles. The van der Waals surface area contributed by atoms with Crippen molar-refractivity contribution in [2.24, 2.45) is 0 Å². The number of furan rings is 1. The summed E-state index contributed by atoms with van der Waals surface area (Å²) in [6.45, 7) is 6.04. The minimum atomic E-state index is -0.171. The number of hydrogen-bond acceptors (Lipinski definition) is 2. The zero-order valence-corrected chi connectivity index (χ0v) is 14.6. The second kappa shape index (κ2) is 5.21. The van der Waals surface area contributed by atoms with E-state index in [1.807, 2.05) is 19.9 Å². The van der Waals surface area contributed by atoms with Gasteiger partial charge in [-0.1, -0.05) is 12.1 Å². The van der Waals surface area contributed by atoms with Crippen LogP contribution in [0.4, 0.5) is 0 Å². The van der Waals surface area contributed by atoms with Crippen LogP contribution in [-0.4, -0.2) is 0 Å². The highest BCUT2D eigenvalue weighted by Gasteiger charge is 2.23. The number of thiophene rings is 1. The van der Waals surface area contributed by atoms with E-state index in [9.17, 15) is 0 Å². The van der Waals surface area contributed by atoms with Gasteiger partial charge >= 0.3 is 0 Å². The third-order valence-corrected chi connectivity index (χ3v) is 6.15. The van der Waals surface area contributed by atoms with Crippen LogP contribution in [0.3, 0.4) is 0 Å². The van der Waals surface area contributed by atoms with Gasteiger partial charge in [-0.05, 0) is 64.7 Å². The Hall–Kier alpha value is -0.770. The number of fused-ring (bicyclic) bond motifs is 1. The first-order chi connectivity index (χ1) is 9.50. The third kappa shape index (κ3) is 2.12. The molecule has 1 aromatic carbocycles. The number of benzene rings is 1. The van der Waals surface area contributed by atoms with E-state index < -0.39 is 0 Å². The monoisotopic (exact) mass is 368 g/mol. The van der Waals surface area contributed by atoms with Crippen molar-refractivity contribution in [2.75, 3.05) is 0 Å². The fraction of sp³-hybridized carbons (Fsp3) is 0.250. The average molecular weight is 370 g/mol. The Bertz CT molecular complexity index is 787. The maximum atomic E-state index is 6.76. The van der Waals surface area contributed by atoms with Crippen LogP contribution in [0.25, 0.3) is 10.1 Å². The molecule has 1 atom stereocenters. The van der Waals surface area contributed by atoms with Gasteiger partial charge in [0.15, 0.2) is 0 Å². The maximum Gasteiger partial charge on any atom is 0.106 e. The summed E-state index contributed by atoms with van der Waals surface area (Å²) >= 11 is 12.1. The summed E-state index contributed by atoms with van der Waals surface area (Å²) in [4.78, 5) is 0. The van der Waals surface area contributed by atoms with Gasteiger partial charge in [-0.25, -0.2) is 0 Å². The SMILES string of the molecule is Cc1oc(C)c(C(Cl)c2csc3c(Br)cccc23)c1C. The van der Waals surface area contributed by atoms with Crippen LogP contribution >= 0.6 is 38.9 Å². The summed E-state index contributed by atoms with van der Waals surface area (Å²) in [5.74, 6) is 1.86. The van der Waals surface area contributed by atoms with Crippen molar-refractivity contribution < 1.29 is 4.42 Å². The van der Waals surface area contributed by atoms with Gasteiger partial charge in [0, 0.05) is 14.7 Å². The van der Waals surface area contributed by atoms with Crippen molar-refractivity contribution in [2.45, 2.75) is 26.1 Å². The highest BCUT2D eigenvalue weighted by Crippen LogP contribution is 2.42. The van der Waals surface area contributed by atoms with Gasteiger partial charge in [0.05, 0.1) is 5.38 Å². The van der Waals surface area contributed by atoms with Crippen LogP contribution in [0.2, 0.25) is 0 Å². The Morgan fingerprint density at radius 3 is 2.60 bits per heavy atom. The van der Waals surface area contributed by atoms with Gasteiger partial charge in [0.1, 0.15) is 11.5 Å². The van der Waals surface area contributed by atoms with Crippen LogP contribution < -0.4 is 0 Å². The van der Waals surface area contributed by atoms with E-state index in [1.54, 1.807) is 11.3 Å². The van der Waals surface area contributed by atoms with E-state index in [2.05, 4.69) is 40.4 Å². The quantitative estimate of drug-likeness (QED) is 0.469. The summed E-state index contributed by atoms with van der Waals surface area (Å²) < 4.78 is 8.07. The van der Waals surface area contributed by atoms with Crippen LogP contribution in [0.5, 0.6) is 0 Å². The lowest BCUT2D eigenvalue weighted by molar-refractivity contribution is 0.500. The molecule has 0 aliphatic rings. The van der Waals surface area contributed by atoms with E-state index >= 15 is 0 Å². The third-order valence-electron chi connectivity index (χ3n) is 3.73. The van der Waals surface area contributed by atoms with Crippen molar-refractivity contribution in [3.8, 4) is 0 Å². The van der Waals surface area contributed by atoms with Crippen molar-refractivity contribution in [3.05, 3.63) is 56.3 Å². The normalized spacial score (nSPS) is 13.1. The average Bonchev–Trinajstić information content (AvgIpc) is 2.93. The van der Waals surface area contributed by atoms with Crippen LogP contribution in [-0.2, 0) is 0 Å². The second-order valence-corrected chi connectivity index (χ2v) is 7.09. The summed E-state index contributed by atoms with van der Waals surface area (Å²) in [5.41, 5.74) is 3.40. The molecule has 1 unspecified atom stereocenters. The highest BCUT2D eigenvalue weighted by molar-refractivity contribution is 9.10. The van der Waals surface area contributed by atoms with Crippen LogP contribution in [0, 0.1) is 20.8 Å². The second-order valence-electron chi connectivity index (χ2n) is 4.92. The summed E-state index contributed by atoms with van der Waals surface area (Å²) in [5, 5.41) is 3.19. The van der Waals surface area contributed by atoms with Gasteiger partial charge in [0.25, 0.3) is 0 Å². The van der Waals surface area contributed by atoms with Gasteiger partial charge in [-0.3, -0.25) is 0 Å². The molecule has 0 N–H and O–H groups in total. The number of rotatable bonds is 2. The summed E-state index contributed by atoms with van der Waals surface area (Å²) in [6, 6.07) is 6.23. The largest absolute Gasteiger partial charge is 0.466 e. The lowest BCUT2D eigenvalue weighted by Gasteiger charge is -2.09. The number of halogens is 2. The molecule has 0 amide bonds. The zero-order chi connectivity index (χ0) is 14.4. The summed E-state index contributed by atoms with van der Waals surface area (Å²) in [7, 11) is 0. The minimum Gasteiger partial charge on any atom is -0.466 e. The van der Waals surface area contributed by atoms with Crippen molar-refractivity contribution in [1.82, 2.24) is 0 Å². The van der Waals surface area contributed by atoms with Gasteiger partial charge in [0.2, 0.25) is 0 Å². The zero-order valence-electron chi connectivity index (χ0n) is 11.5. The lowest BCUT2D eigenvalue weighted by Crippen LogP contribution is -1.95. The van der Waals surface area contributed by atoms with E-state index in [4.69, 9.17) is 16.0 Å². The first-order valence-corrected chi connectivity index (χ1v) is 8.47. The van der Waals surface area contributed by atoms with Gasteiger partial charge in [-0.2, -0.15) is 0 Å². The molecule has 20 heavy (non-hydrogen) atoms. The first-order valence-electron chi connectivity index (χ1n) is 6.37. The molecule has 0 aliphatic carbocycles. The van der Waals surface area contributed by atoms with E-state index in [1.165, 1.54) is 10.1 Å². The Labute approximate surface area is 135 Å². The Morgan fingerprint density at radius 1 is 1.20 bits per heavy atom. The smallest absolute Gasteiger partial charge is 0.106 e. The molecule has 0 aliphatic heterocycles. The molecule has 0 spiro atoms. The summed E-state index contributed by atoms with van der Waals surface area (Å²) in [6.07, 6.45) is 0. The molecule has 104 valence electrons. The van der Waals surface area contributed by atoms with E-state index in [-0.39, 0.29) is 5.38 Å². The lowest BCUT2D eigenvalue weighted by atomic mass is 10.0. The van der Waals surface area contributed by atoms with E-state index in [0.717, 1.165) is 32.7 Å². The molecular formula is C16H14BrClOS. The number of hydrogen-bond donors (Lipinski definition) is 0. The molecule has 0 bridgehead atoms. The molecule has 3 aromatic rings. The Morgan fingerprint density at radius 2 is 1.95 bits per heavy atom. The predicted octanol–water partition coefficient (Wildman–Crippen LogP) is 6.51. The molecule has 0 fully saturated rings. The standard InChI is InChI=1S/C16H14BrClOS/c1-8-9(2)19-10(3)14(8)15(18)12-7-20-16-11(12)5-4-6-13(16)17/h4-7,15H,1-3H3. The Balaban J connectivity index is 2.18. The predicted molar refractivity (Wildman–Crippen MR) is 90.1 cm³/mol. The molecule has 0 radical (unpaired) electrons. The molecule has 2 aromatic heterocycles. The highest BCUT2D eigenvalue weighted by atomic mass is 79.9. The number of alkyl halides is 1. The Kier molecular flexibility index (Phi) is 3.69. The molecule has 0 saturated heterocycles. The molecule has 4 heteroatoms. The van der Waals surface area contributed by atoms with Gasteiger partial charge < -0.3 is 4.42 Å². The van der Waals surface area contributed by atoms with Gasteiger partial charge in [-0.15, -0.1) is 22.9 Å². The molecule has 0 saturated carbocycles. The fourth-order valence-electron chi connectivity index (χ4n) is 2.58. The topological polar surface area (TPSA) is 13.1 Å². The first kappa shape index (κ1) is 14.2.